The highest BCUT2D eigenvalue weighted by Crippen LogP contribution is 2.21. The summed E-state index contributed by atoms with van der Waals surface area (Å²) < 4.78 is 0. The molecule has 0 aromatic rings. The maximum absolute atomic E-state index is 5.56. The number of nitrogens with zero attached hydrogens (tertiary/aromatic N) is 1. The molecule has 1 aliphatic heterocycles. The molecule has 64 valence electrons. The summed E-state index contributed by atoms with van der Waals surface area (Å²) in [5, 5.41) is 0.560. The average Bonchev–Trinajstić information content (AvgIpc) is 1.85. The molecule has 1 saturated heterocycles. The van der Waals surface area contributed by atoms with Gasteiger partial charge >= 0.3 is 0 Å². The average molecular weight is 172 g/mol. The van der Waals surface area contributed by atoms with Gasteiger partial charge < -0.3 is 10.6 Å². The predicted octanol–water partition coefficient (Wildman–Crippen LogP) is 1.35. The number of rotatable bonds is 0. The third-order valence-corrected chi connectivity index (χ3v) is 2.66. The van der Waals surface area contributed by atoms with Crippen molar-refractivity contribution in [2.75, 3.05) is 6.54 Å². The number of likely N-dealkylation sites (tertiary alicyclic amines) is 1. The fourth-order valence-electron chi connectivity index (χ4n) is 1.73. The Morgan fingerprint density at radius 2 is 2.18 bits per heavy atom. The van der Waals surface area contributed by atoms with Crippen molar-refractivity contribution in [1.29, 1.82) is 0 Å². The van der Waals surface area contributed by atoms with Crippen LogP contribution in [-0.4, -0.2) is 22.6 Å². The first-order valence-corrected chi connectivity index (χ1v) is 4.58. The van der Waals surface area contributed by atoms with Crippen LogP contribution in [0.4, 0.5) is 0 Å². The summed E-state index contributed by atoms with van der Waals surface area (Å²) in [6, 6.07) is 0.538. The molecule has 1 fully saturated rings. The Labute approximate surface area is 73.7 Å². The molecule has 2 N–H and O–H groups in total. The van der Waals surface area contributed by atoms with Crippen molar-refractivity contribution in [2.24, 2.45) is 11.7 Å². The van der Waals surface area contributed by atoms with Gasteiger partial charge in [0.2, 0.25) is 0 Å². The van der Waals surface area contributed by atoms with E-state index in [0.717, 1.165) is 12.5 Å². The monoisotopic (exact) mass is 172 g/mol. The zero-order valence-corrected chi connectivity index (χ0v) is 8.03. The van der Waals surface area contributed by atoms with E-state index in [4.69, 9.17) is 18.0 Å². The van der Waals surface area contributed by atoms with Gasteiger partial charge in [-0.2, -0.15) is 0 Å². The third kappa shape index (κ3) is 2.06. The van der Waals surface area contributed by atoms with Crippen LogP contribution >= 0.6 is 12.2 Å². The van der Waals surface area contributed by atoms with Gasteiger partial charge in [0.05, 0.1) is 0 Å². The number of piperidine rings is 1. The lowest BCUT2D eigenvalue weighted by molar-refractivity contribution is 0.211. The molecule has 1 rings (SSSR count). The Hall–Kier alpha value is -0.310. The van der Waals surface area contributed by atoms with E-state index >= 15 is 0 Å². The van der Waals surface area contributed by atoms with Crippen molar-refractivity contribution < 1.29 is 0 Å². The number of nitrogens with two attached hydrogens (primary N) is 1. The van der Waals surface area contributed by atoms with E-state index in [-0.39, 0.29) is 0 Å². The summed E-state index contributed by atoms with van der Waals surface area (Å²) in [5.74, 6) is 0.829. The largest absolute Gasteiger partial charge is 0.376 e. The van der Waals surface area contributed by atoms with E-state index < -0.39 is 0 Å². The molecule has 2 unspecified atom stereocenters. The lowest BCUT2D eigenvalue weighted by Crippen LogP contribution is -2.46. The second kappa shape index (κ2) is 3.39. The molecule has 1 heterocycles. The van der Waals surface area contributed by atoms with Crippen molar-refractivity contribution in [3.63, 3.8) is 0 Å². The minimum atomic E-state index is 0.538. The van der Waals surface area contributed by atoms with Gasteiger partial charge in [-0.05, 0) is 37.9 Å². The summed E-state index contributed by atoms with van der Waals surface area (Å²) in [5.41, 5.74) is 5.56. The van der Waals surface area contributed by atoms with Gasteiger partial charge in [-0.25, -0.2) is 0 Å². The van der Waals surface area contributed by atoms with Crippen LogP contribution in [0.3, 0.4) is 0 Å². The molecule has 0 aromatic carbocycles. The first-order chi connectivity index (χ1) is 5.11. The lowest BCUT2D eigenvalue weighted by atomic mass is 9.94. The van der Waals surface area contributed by atoms with Crippen LogP contribution < -0.4 is 5.73 Å². The summed E-state index contributed by atoms with van der Waals surface area (Å²) in [6.45, 7) is 5.51. The molecule has 0 aliphatic carbocycles. The summed E-state index contributed by atoms with van der Waals surface area (Å²) in [4.78, 5) is 2.12. The number of hydrogen-bond donors (Lipinski definition) is 1. The summed E-state index contributed by atoms with van der Waals surface area (Å²) in [7, 11) is 0. The van der Waals surface area contributed by atoms with Crippen LogP contribution in [0.5, 0.6) is 0 Å². The Kier molecular flexibility index (Phi) is 2.71. The molecule has 3 heteroatoms. The Bertz CT molecular complexity index is 158. The molecule has 0 aromatic heterocycles. The maximum atomic E-state index is 5.56. The Balaban J connectivity index is 2.50. The van der Waals surface area contributed by atoms with Crippen LogP contribution in [0.2, 0.25) is 0 Å². The molecular formula is C8H16N2S. The van der Waals surface area contributed by atoms with Crippen molar-refractivity contribution in [3.8, 4) is 0 Å². The summed E-state index contributed by atoms with van der Waals surface area (Å²) >= 11 is 4.93. The van der Waals surface area contributed by atoms with E-state index in [1.807, 2.05) is 0 Å². The van der Waals surface area contributed by atoms with Crippen LogP contribution in [0.25, 0.3) is 0 Å². The third-order valence-electron chi connectivity index (χ3n) is 2.42. The van der Waals surface area contributed by atoms with Crippen molar-refractivity contribution in [3.05, 3.63) is 0 Å². The van der Waals surface area contributed by atoms with Crippen LogP contribution in [0.1, 0.15) is 26.7 Å². The van der Waals surface area contributed by atoms with E-state index in [1.54, 1.807) is 0 Å². The van der Waals surface area contributed by atoms with Crippen LogP contribution in [0.15, 0.2) is 0 Å². The first-order valence-electron chi connectivity index (χ1n) is 4.17. The highest BCUT2D eigenvalue weighted by Gasteiger charge is 2.22. The molecule has 0 bridgehead atoms. The topological polar surface area (TPSA) is 29.3 Å². The molecule has 0 spiro atoms. The van der Waals surface area contributed by atoms with E-state index in [1.165, 1.54) is 12.8 Å². The fourth-order valence-corrected chi connectivity index (χ4v) is 2.01. The van der Waals surface area contributed by atoms with Gasteiger partial charge in [-0.15, -0.1) is 0 Å². The maximum Gasteiger partial charge on any atom is 0.166 e. The SMILES string of the molecule is CC1CCN(C(N)=S)C(C)C1. The highest BCUT2D eigenvalue weighted by molar-refractivity contribution is 7.80. The predicted molar refractivity (Wildman–Crippen MR) is 51.4 cm³/mol. The van der Waals surface area contributed by atoms with Gasteiger partial charge in [0, 0.05) is 12.6 Å². The normalized spacial score (nSPS) is 32.0. The van der Waals surface area contributed by atoms with Gasteiger partial charge in [0.15, 0.2) is 5.11 Å². The van der Waals surface area contributed by atoms with E-state index in [2.05, 4.69) is 18.7 Å². The van der Waals surface area contributed by atoms with Gasteiger partial charge in [0.1, 0.15) is 0 Å². The number of hydrogen-bond acceptors (Lipinski definition) is 1. The second-order valence-corrected chi connectivity index (χ2v) is 3.93. The van der Waals surface area contributed by atoms with Crippen molar-refractivity contribution >= 4 is 17.3 Å². The molecule has 2 atom stereocenters. The Morgan fingerprint density at radius 3 is 2.64 bits per heavy atom. The molecular weight excluding hydrogens is 156 g/mol. The smallest absolute Gasteiger partial charge is 0.166 e. The quantitative estimate of drug-likeness (QED) is 0.559. The zero-order valence-electron chi connectivity index (χ0n) is 7.21. The Morgan fingerprint density at radius 1 is 1.55 bits per heavy atom. The van der Waals surface area contributed by atoms with Crippen molar-refractivity contribution in [2.45, 2.75) is 32.7 Å². The lowest BCUT2D eigenvalue weighted by Gasteiger charge is -2.36. The fraction of sp³-hybridized carbons (Fsp3) is 0.875. The highest BCUT2D eigenvalue weighted by atomic mass is 32.1. The minimum absolute atomic E-state index is 0.538. The molecule has 2 nitrogen and oxygen atoms in total. The second-order valence-electron chi connectivity index (χ2n) is 3.51. The first kappa shape index (κ1) is 8.78. The van der Waals surface area contributed by atoms with Gasteiger partial charge in [0.25, 0.3) is 0 Å². The van der Waals surface area contributed by atoms with Crippen LogP contribution in [0, 0.1) is 5.92 Å². The minimum Gasteiger partial charge on any atom is -0.376 e. The van der Waals surface area contributed by atoms with Gasteiger partial charge in [-0.3, -0.25) is 0 Å². The summed E-state index contributed by atoms with van der Waals surface area (Å²) in [6.07, 6.45) is 2.44. The van der Waals surface area contributed by atoms with Crippen molar-refractivity contribution in [1.82, 2.24) is 4.90 Å². The van der Waals surface area contributed by atoms with Gasteiger partial charge in [-0.1, -0.05) is 6.92 Å². The van der Waals surface area contributed by atoms with E-state index in [0.29, 0.717) is 11.2 Å². The molecule has 1 aliphatic rings. The number of thiocarbonyl (C=S) groups is 1. The molecule has 0 saturated carbocycles. The molecule has 11 heavy (non-hydrogen) atoms. The van der Waals surface area contributed by atoms with E-state index in [9.17, 15) is 0 Å². The standard InChI is InChI=1S/C8H16N2S/c1-6-3-4-10(8(9)11)7(2)5-6/h6-7H,3-5H2,1-2H3,(H2,9,11). The van der Waals surface area contributed by atoms with Crippen LogP contribution in [-0.2, 0) is 0 Å². The molecule has 0 radical (unpaired) electrons. The molecule has 0 amide bonds. The zero-order chi connectivity index (χ0) is 8.43.